The van der Waals surface area contributed by atoms with Crippen LogP contribution in [0.15, 0.2) is 12.3 Å². The molecule has 1 aliphatic carbocycles. The highest BCUT2D eigenvalue weighted by molar-refractivity contribution is 5.74. The van der Waals surface area contributed by atoms with E-state index in [1.165, 1.54) is 12.8 Å². The minimum atomic E-state index is -0.122. The molecule has 0 saturated heterocycles. The molecule has 80 valence electrons. The maximum atomic E-state index is 11.1. The Hall–Kier alpha value is -1.03. The lowest BCUT2D eigenvalue weighted by molar-refractivity contribution is 0.242. The third-order valence-electron chi connectivity index (χ3n) is 2.05. The molecule has 0 aromatic carbocycles. The summed E-state index contributed by atoms with van der Waals surface area (Å²) in [6, 6.07) is -0.122. The summed E-state index contributed by atoms with van der Waals surface area (Å²) in [4.78, 5) is 13.2. The van der Waals surface area contributed by atoms with Crippen molar-refractivity contribution in [3.05, 3.63) is 12.3 Å². The van der Waals surface area contributed by atoms with Crippen molar-refractivity contribution in [1.29, 1.82) is 0 Å². The van der Waals surface area contributed by atoms with Gasteiger partial charge in [-0.3, -0.25) is 0 Å². The Labute approximate surface area is 85.3 Å². The minimum absolute atomic E-state index is 0.122. The molecule has 1 fully saturated rings. The van der Waals surface area contributed by atoms with Crippen LogP contribution in [-0.4, -0.2) is 38.1 Å². The number of rotatable bonds is 5. The SMILES string of the molecule is CN(C)CCNC(=O)N/C=C/C1CC1. The molecule has 0 radical (unpaired) electrons. The Balaban J connectivity index is 1.97. The summed E-state index contributed by atoms with van der Waals surface area (Å²) in [5.41, 5.74) is 0. The Morgan fingerprint density at radius 1 is 1.50 bits per heavy atom. The van der Waals surface area contributed by atoms with Crippen LogP contribution in [0.3, 0.4) is 0 Å². The number of hydrogen-bond donors (Lipinski definition) is 2. The Bertz CT molecular complexity index is 209. The highest BCUT2D eigenvalue weighted by atomic mass is 16.2. The first-order valence-corrected chi connectivity index (χ1v) is 5.04. The number of amides is 2. The monoisotopic (exact) mass is 197 g/mol. The molecule has 2 amide bonds. The highest BCUT2D eigenvalue weighted by Crippen LogP contribution is 2.29. The molecule has 4 heteroatoms. The number of hydrogen-bond acceptors (Lipinski definition) is 2. The first kappa shape index (κ1) is 11.0. The van der Waals surface area contributed by atoms with Crippen LogP contribution in [0.1, 0.15) is 12.8 Å². The number of nitrogens with zero attached hydrogens (tertiary/aromatic N) is 1. The van der Waals surface area contributed by atoms with Crippen LogP contribution < -0.4 is 10.6 Å². The van der Waals surface area contributed by atoms with Gasteiger partial charge in [0, 0.05) is 19.3 Å². The molecule has 0 spiro atoms. The van der Waals surface area contributed by atoms with E-state index >= 15 is 0 Å². The predicted octanol–water partition coefficient (Wildman–Crippen LogP) is 0.771. The topological polar surface area (TPSA) is 44.4 Å². The largest absolute Gasteiger partial charge is 0.337 e. The Kier molecular flexibility index (Phi) is 4.46. The molecule has 0 atom stereocenters. The number of urea groups is 1. The van der Waals surface area contributed by atoms with E-state index in [1.54, 1.807) is 6.20 Å². The molecular weight excluding hydrogens is 178 g/mol. The molecule has 0 aliphatic heterocycles. The number of carbonyl (C=O) groups is 1. The second kappa shape index (κ2) is 5.65. The smallest absolute Gasteiger partial charge is 0.318 e. The highest BCUT2D eigenvalue weighted by Gasteiger charge is 2.16. The number of nitrogens with one attached hydrogen (secondary N) is 2. The van der Waals surface area contributed by atoms with Gasteiger partial charge in [-0.2, -0.15) is 0 Å². The van der Waals surface area contributed by atoms with E-state index in [1.807, 2.05) is 25.1 Å². The van der Waals surface area contributed by atoms with E-state index < -0.39 is 0 Å². The third kappa shape index (κ3) is 5.59. The molecule has 0 aromatic heterocycles. The van der Waals surface area contributed by atoms with E-state index in [0.717, 1.165) is 6.54 Å². The van der Waals surface area contributed by atoms with Crippen molar-refractivity contribution >= 4 is 6.03 Å². The van der Waals surface area contributed by atoms with Crippen LogP contribution in [0.2, 0.25) is 0 Å². The van der Waals surface area contributed by atoms with E-state index in [9.17, 15) is 4.79 Å². The van der Waals surface area contributed by atoms with Gasteiger partial charge in [0.25, 0.3) is 0 Å². The fourth-order valence-electron chi connectivity index (χ4n) is 0.993. The molecule has 0 unspecified atom stereocenters. The molecule has 0 aromatic rings. The zero-order valence-electron chi connectivity index (χ0n) is 8.92. The fraction of sp³-hybridized carbons (Fsp3) is 0.700. The van der Waals surface area contributed by atoms with Crippen molar-refractivity contribution < 1.29 is 4.79 Å². The van der Waals surface area contributed by atoms with E-state index in [-0.39, 0.29) is 6.03 Å². The van der Waals surface area contributed by atoms with Crippen LogP contribution in [-0.2, 0) is 0 Å². The van der Waals surface area contributed by atoms with Crippen LogP contribution >= 0.6 is 0 Å². The van der Waals surface area contributed by atoms with Crippen molar-refractivity contribution in [1.82, 2.24) is 15.5 Å². The zero-order valence-corrected chi connectivity index (χ0v) is 8.92. The van der Waals surface area contributed by atoms with Gasteiger partial charge in [0.1, 0.15) is 0 Å². The van der Waals surface area contributed by atoms with E-state index in [4.69, 9.17) is 0 Å². The van der Waals surface area contributed by atoms with Crippen LogP contribution in [0.25, 0.3) is 0 Å². The molecule has 2 N–H and O–H groups in total. The minimum Gasteiger partial charge on any atom is -0.337 e. The number of carbonyl (C=O) groups excluding carboxylic acids is 1. The first-order chi connectivity index (χ1) is 6.68. The Morgan fingerprint density at radius 3 is 2.79 bits per heavy atom. The quantitative estimate of drug-likeness (QED) is 0.684. The van der Waals surface area contributed by atoms with Crippen molar-refractivity contribution in [3.63, 3.8) is 0 Å². The lowest BCUT2D eigenvalue weighted by atomic mass is 10.4. The average Bonchev–Trinajstić information content (AvgIpc) is 2.87. The summed E-state index contributed by atoms with van der Waals surface area (Å²) in [6.07, 6.45) is 6.31. The van der Waals surface area contributed by atoms with E-state index in [2.05, 4.69) is 10.6 Å². The van der Waals surface area contributed by atoms with Gasteiger partial charge in [-0.15, -0.1) is 0 Å². The van der Waals surface area contributed by atoms with Crippen LogP contribution in [0.5, 0.6) is 0 Å². The van der Waals surface area contributed by atoms with Gasteiger partial charge in [-0.25, -0.2) is 4.79 Å². The molecule has 1 saturated carbocycles. The van der Waals surface area contributed by atoms with Crippen molar-refractivity contribution in [3.8, 4) is 0 Å². The van der Waals surface area contributed by atoms with Gasteiger partial charge in [0.15, 0.2) is 0 Å². The van der Waals surface area contributed by atoms with Gasteiger partial charge in [-0.05, 0) is 32.9 Å². The third-order valence-corrected chi connectivity index (χ3v) is 2.05. The standard InChI is InChI=1S/C10H19N3O/c1-13(2)8-7-12-10(14)11-6-5-9-3-4-9/h5-6,9H,3-4,7-8H2,1-2H3,(H2,11,12,14)/b6-5+. The molecule has 0 heterocycles. The second-order valence-corrected chi connectivity index (χ2v) is 3.90. The van der Waals surface area contributed by atoms with Gasteiger partial charge in [0.05, 0.1) is 0 Å². The zero-order chi connectivity index (χ0) is 10.4. The normalized spacial score (nSPS) is 16.2. The fourth-order valence-corrected chi connectivity index (χ4v) is 0.993. The summed E-state index contributed by atoms with van der Waals surface area (Å²) in [6.45, 7) is 1.54. The molecule has 14 heavy (non-hydrogen) atoms. The molecular formula is C10H19N3O. The maximum Gasteiger partial charge on any atom is 0.318 e. The number of allylic oxidation sites excluding steroid dienone is 1. The molecule has 1 aliphatic rings. The summed E-state index contributed by atoms with van der Waals surface area (Å²) < 4.78 is 0. The lowest BCUT2D eigenvalue weighted by Gasteiger charge is -2.09. The van der Waals surface area contributed by atoms with E-state index in [0.29, 0.717) is 12.5 Å². The van der Waals surface area contributed by atoms with Gasteiger partial charge >= 0.3 is 6.03 Å². The summed E-state index contributed by atoms with van der Waals surface area (Å²) in [5.74, 6) is 0.706. The number of likely N-dealkylation sites (N-methyl/N-ethyl adjacent to an activating group) is 1. The Morgan fingerprint density at radius 2 is 2.21 bits per heavy atom. The van der Waals surface area contributed by atoms with Crippen molar-refractivity contribution in [2.24, 2.45) is 5.92 Å². The first-order valence-electron chi connectivity index (χ1n) is 5.04. The second-order valence-electron chi connectivity index (χ2n) is 3.90. The molecule has 4 nitrogen and oxygen atoms in total. The van der Waals surface area contributed by atoms with Crippen molar-refractivity contribution in [2.45, 2.75) is 12.8 Å². The lowest BCUT2D eigenvalue weighted by Crippen LogP contribution is -2.36. The molecule has 1 rings (SSSR count). The van der Waals surface area contributed by atoms with Gasteiger partial charge < -0.3 is 15.5 Å². The van der Waals surface area contributed by atoms with Crippen LogP contribution in [0.4, 0.5) is 4.79 Å². The molecule has 0 bridgehead atoms. The van der Waals surface area contributed by atoms with Gasteiger partial charge in [-0.1, -0.05) is 6.08 Å². The van der Waals surface area contributed by atoms with Crippen molar-refractivity contribution in [2.75, 3.05) is 27.2 Å². The summed E-state index contributed by atoms with van der Waals surface area (Å²) in [5, 5.41) is 5.44. The summed E-state index contributed by atoms with van der Waals surface area (Å²) >= 11 is 0. The van der Waals surface area contributed by atoms with Gasteiger partial charge in [0.2, 0.25) is 0 Å². The summed E-state index contributed by atoms with van der Waals surface area (Å²) in [7, 11) is 3.96. The average molecular weight is 197 g/mol. The maximum absolute atomic E-state index is 11.1. The van der Waals surface area contributed by atoms with Crippen LogP contribution in [0, 0.1) is 5.92 Å². The predicted molar refractivity (Wildman–Crippen MR) is 57.0 cm³/mol.